The number of carbonyl (C=O) groups is 1. The number of carbonyl (C=O) groups excluding carboxylic acids is 1. The standard InChI is InChI=1S/C9H12N2O2/c1-11-6-3-4-7(9(10)12)8(5-6)13-2/h3-5,11H,1-2H3,(H2,10,12)/i1D3. The van der Waals surface area contributed by atoms with E-state index >= 15 is 0 Å². The number of ether oxygens (including phenoxy) is 1. The zero-order valence-corrected chi connectivity index (χ0v) is 7.13. The molecular weight excluding hydrogens is 168 g/mol. The van der Waals surface area contributed by atoms with Crippen molar-refractivity contribution in [2.75, 3.05) is 19.4 Å². The van der Waals surface area contributed by atoms with Gasteiger partial charge in [0.25, 0.3) is 5.91 Å². The third-order valence-corrected chi connectivity index (χ3v) is 1.61. The van der Waals surface area contributed by atoms with Crippen LogP contribution in [0.2, 0.25) is 0 Å². The van der Waals surface area contributed by atoms with Crippen LogP contribution in [0.1, 0.15) is 14.5 Å². The number of rotatable bonds is 3. The molecule has 0 saturated carbocycles. The van der Waals surface area contributed by atoms with Crippen LogP contribution in [-0.4, -0.2) is 20.0 Å². The summed E-state index contributed by atoms with van der Waals surface area (Å²) in [7, 11) is 1.38. The number of nitrogens with one attached hydrogen (secondary N) is 1. The number of hydrogen-bond donors (Lipinski definition) is 2. The van der Waals surface area contributed by atoms with E-state index in [4.69, 9.17) is 14.6 Å². The van der Waals surface area contributed by atoms with Crippen LogP contribution in [0.15, 0.2) is 18.2 Å². The molecule has 1 aromatic rings. The van der Waals surface area contributed by atoms with E-state index < -0.39 is 12.9 Å². The van der Waals surface area contributed by atoms with Gasteiger partial charge in [-0.1, -0.05) is 0 Å². The number of primary amides is 1. The molecule has 4 heteroatoms. The molecule has 0 aliphatic heterocycles. The molecule has 0 aliphatic carbocycles. The first-order valence-corrected chi connectivity index (χ1v) is 3.59. The van der Waals surface area contributed by atoms with Gasteiger partial charge in [0.15, 0.2) is 0 Å². The highest BCUT2D eigenvalue weighted by atomic mass is 16.5. The van der Waals surface area contributed by atoms with Gasteiger partial charge in [-0.2, -0.15) is 0 Å². The minimum atomic E-state index is -2.29. The molecule has 0 aromatic heterocycles. The second-order valence-corrected chi connectivity index (χ2v) is 2.40. The lowest BCUT2D eigenvalue weighted by Crippen LogP contribution is -2.12. The topological polar surface area (TPSA) is 64.3 Å². The van der Waals surface area contributed by atoms with Gasteiger partial charge < -0.3 is 15.8 Å². The minimum absolute atomic E-state index is 0.207. The molecule has 0 bridgehead atoms. The van der Waals surface area contributed by atoms with E-state index in [0.717, 1.165) is 0 Å². The summed E-state index contributed by atoms with van der Waals surface area (Å²) in [6, 6.07) is 4.27. The number of anilines is 1. The van der Waals surface area contributed by atoms with E-state index in [0.29, 0.717) is 5.69 Å². The van der Waals surface area contributed by atoms with E-state index in [-0.39, 0.29) is 11.3 Å². The van der Waals surface area contributed by atoms with Crippen molar-refractivity contribution in [2.24, 2.45) is 5.73 Å². The van der Waals surface area contributed by atoms with Crippen molar-refractivity contribution in [2.45, 2.75) is 0 Å². The summed E-state index contributed by atoms with van der Waals surface area (Å²) in [4.78, 5) is 11.0. The van der Waals surface area contributed by atoms with Crippen molar-refractivity contribution < 1.29 is 13.6 Å². The van der Waals surface area contributed by atoms with Gasteiger partial charge in [0.1, 0.15) is 5.75 Å². The normalized spacial score (nSPS) is 13.8. The highest BCUT2D eigenvalue weighted by Gasteiger charge is 2.08. The van der Waals surface area contributed by atoms with Gasteiger partial charge in [-0.3, -0.25) is 4.79 Å². The summed E-state index contributed by atoms with van der Waals surface area (Å²) in [5, 5.41) is 2.29. The Labute approximate surface area is 80.9 Å². The summed E-state index contributed by atoms with van der Waals surface area (Å²) in [6.07, 6.45) is 0. The summed E-state index contributed by atoms with van der Waals surface area (Å²) in [5.74, 6) is -0.390. The molecule has 1 aromatic carbocycles. The Bertz CT molecular complexity index is 404. The Balaban J connectivity index is 3.05. The first-order chi connectivity index (χ1) is 7.33. The quantitative estimate of drug-likeness (QED) is 0.729. The van der Waals surface area contributed by atoms with Gasteiger partial charge in [0, 0.05) is 22.8 Å². The highest BCUT2D eigenvalue weighted by Crippen LogP contribution is 2.22. The molecule has 1 rings (SSSR count). The number of amides is 1. The number of hydrogen-bond acceptors (Lipinski definition) is 3. The van der Waals surface area contributed by atoms with Crippen molar-refractivity contribution in [1.82, 2.24) is 0 Å². The summed E-state index contributed by atoms with van der Waals surface area (Å²) < 4.78 is 26.0. The first-order valence-electron chi connectivity index (χ1n) is 5.09. The zero-order valence-electron chi connectivity index (χ0n) is 10.1. The lowest BCUT2D eigenvalue weighted by molar-refractivity contribution is 0.0997. The molecule has 0 heterocycles. The molecule has 3 N–H and O–H groups in total. The minimum Gasteiger partial charge on any atom is -0.496 e. The molecule has 0 unspecified atom stereocenters. The van der Waals surface area contributed by atoms with E-state index in [9.17, 15) is 4.79 Å². The highest BCUT2D eigenvalue weighted by molar-refractivity contribution is 5.96. The molecular formula is C9H12N2O2. The third kappa shape index (κ3) is 1.90. The molecule has 1 amide bonds. The van der Waals surface area contributed by atoms with E-state index in [1.165, 1.54) is 25.3 Å². The monoisotopic (exact) mass is 183 g/mol. The Kier molecular flexibility index (Phi) is 1.71. The molecule has 0 aliphatic rings. The Hall–Kier alpha value is -1.71. The van der Waals surface area contributed by atoms with Crippen molar-refractivity contribution in [3.05, 3.63) is 23.8 Å². The van der Waals surface area contributed by atoms with Gasteiger partial charge in [0.2, 0.25) is 0 Å². The lowest BCUT2D eigenvalue weighted by Gasteiger charge is -2.07. The predicted octanol–water partition coefficient (Wildman–Crippen LogP) is 0.836. The molecule has 0 fully saturated rings. The van der Waals surface area contributed by atoms with Gasteiger partial charge in [0.05, 0.1) is 12.7 Å². The van der Waals surface area contributed by atoms with Gasteiger partial charge in [-0.25, -0.2) is 0 Å². The van der Waals surface area contributed by atoms with Gasteiger partial charge in [-0.15, -0.1) is 0 Å². The van der Waals surface area contributed by atoms with Crippen LogP contribution in [0.4, 0.5) is 5.69 Å². The molecule has 0 atom stereocenters. The third-order valence-electron chi connectivity index (χ3n) is 1.61. The van der Waals surface area contributed by atoms with Crippen LogP contribution < -0.4 is 15.8 Å². The van der Waals surface area contributed by atoms with E-state index in [1.54, 1.807) is 0 Å². The average molecular weight is 183 g/mol. The van der Waals surface area contributed by atoms with Crippen LogP contribution in [0, 0.1) is 0 Å². The van der Waals surface area contributed by atoms with Crippen molar-refractivity contribution in [3.63, 3.8) is 0 Å². The van der Waals surface area contributed by atoms with Crippen LogP contribution in [-0.2, 0) is 0 Å². The molecule has 0 saturated heterocycles. The summed E-state index contributed by atoms with van der Waals surface area (Å²) in [5.41, 5.74) is 5.66. The largest absolute Gasteiger partial charge is 0.496 e. The Morgan fingerprint density at radius 2 is 2.46 bits per heavy atom. The Morgan fingerprint density at radius 3 is 3.00 bits per heavy atom. The van der Waals surface area contributed by atoms with Crippen LogP contribution in [0.25, 0.3) is 0 Å². The van der Waals surface area contributed by atoms with Crippen LogP contribution in [0.3, 0.4) is 0 Å². The predicted molar refractivity (Wildman–Crippen MR) is 51.1 cm³/mol. The van der Waals surface area contributed by atoms with Crippen molar-refractivity contribution >= 4 is 11.6 Å². The molecule has 0 radical (unpaired) electrons. The zero-order chi connectivity index (χ0) is 12.3. The van der Waals surface area contributed by atoms with Gasteiger partial charge in [-0.05, 0) is 12.1 Å². The summed E-state index contributed by atoms with van der Waals surface area (Å²) >= 11 is 0. The van der Waals surface area contributed by atoms with Crippen LogP contribution >= 0.6 is 0 Å². The average Bonchev–Trinajstić information content (AvgIpc) is 2.14. The summed E-state index contributed by atoms with van der Waals surface area (Å²) in [6.45, 7) is -2.29. The lowest BCUT2D eigenvalue weighted by atomic mass is 10.1. The molecule has 0 spiro atoms. The van der Waals surface area contributed by atoms with E-state index in [2.05, 4.69) is 5.32 Å². The maximum absolute atomic E-state index is 11.0. The number of benzene rings is 1. The number of methoxy groups -OCH3 is 1. The first kappa shape index (κ1) is 5.85. The van der Waals surface area contributed by atoms with Crippen LogP contribution in [0.5, 0.6) is 5.75 Å². The molecule has 13 heavy (non-hydrogen) atoms. The fourth-order valence-corrected chi connectivity index (χ4v) is 0.973. The van der Waals surface area contributed by atoms with Crippen molar-refractivity contribution in [1.29, 1.82) is 0 Å². The number of nitrogens with two attached hydrogens (primary N) is 1. The molecule has 70 valence electrons. The van der Waals surface area contributed by atoms with E-state index in [1.807, 2.05) is 0 Å². The SMILES string of the molecule is [2H]C([2H])([2H])Nc1ccc(C(N)=O)c(OC)c1. The fraction of sp³-hybridized carbons (Fsp3) is 0.222. The molecule has 4 nitrogen and oxygen atoms in total. The maximum Gasteiger partial charge on any atom is 0.252 e. The van der Waals surface area contributed by atoms with Crippen molar-refractivity contribution in [3.8, 4) is 5.75 Å². The second kappa shape index (κ2) is 3.80. The smallest absolute Gasteiger partial charge is 0.252 e. The Morgan fingerprint density at radius 1 is 1.69 bits per heavy atom. The van der Waals surface area contributed by atoms with Gasteiger partial charge >= 0.3 is 0 Å². The fourth-order valence-electron chi connectivity index (χ4n) is 0.973. The maximum atomic E-state index is 11.0. The second-order valence-electron chi connectivity index (χ2n) is 2.40.